The molecule has 0 atom stereocenters. The Morgan fingerprint density at radius 3 is 2.39 bits per heavy atom. The van der Waals surface area contributed by atoms with Gasteiger partial charge in [0.1, 0.15) is 22.9 Å². The van der Waals surface area contributed by atoms with Crippen LogP contribution >= 0.6 is 0 Å². The van der Waals surface area contributed by atoms with Gasteiger partial charge in [0.05, 0.1) is 17.3 Å². The summed E-state index contributed by atoms with van der Waals surface area (Å²) in [6, 6.07) is 9.14. The number of carbonyl (C=O) groups excluding carboxylic acids is 1. The molecule has 0 aliphatic rings. The molecular weight excluding hydrogens is 361 g/mol. The van der Waals surface area contributed by atoms with E-state index in [9.17, 15) is 14.3 Å². The number of rotatable bonds is 5. The van der Waals surface area contributed by atoms with Crippen LogP contribution in [0.5, 0.6) is 5.75 Å². The number of aliphatic hydroxyl groups is 1. The smallest absolute Gasteiger partial charge is 0.255 e. The number of nitrogens with one attached hydrogen (secondary N) is 1. The Morgan fingerprint density at radius 2 is 1.86 bits per heavy atom. The highest BCUT2D eigenvalue weighted by Gasteiger charge is 2.28. The third-order valence-electron chi connectivity index (χ3n) is 4.37. The molecule has 3 rings (SSSR count). The van der Waals surface area contributed by atoms with E-state index in [-0.39, 0.29) is 17.8 Å². The van der Waals surface area contributed by atoms with E-state index in [1.807, 2.05) is 13.8 Å². The molecule has 0 saturated carbocycles. The van der Waals surface area contributed by atoms with Gasteiger partial charge in [0, 0.05) is 23.6 Å². The van der Waals surface area contributed by atoms with E-state index in [0.717, 1.165) is 0 Å². The SMILES string of the molecule is CNC(=O)c1c(-c2ccc(F)cc2)oc2cc(C(C)(C)O)c(OC(C)C)cc12. The van der Waals surface area contributed by atoms with E-state index >= 15 is 0 Å². The van der Waals surface area contributed by atoms with E-state index in [1.165, 1.54) is 19.2 Å². The molecule has 0 fully saturated rings. The largest absolute Gasteiger partial charge is 0.491 e. The molecule has 6 heteroatoms. The van der Waals surface area contributed by atoms with Gasteiger partial charge in [0.25, 0.3) is 5.91 Å². The van der Waals surface area contributed by atoms with Crippen molar-refractivity contribution in [1.82, 2.24) is 5.32 Å². The van der Waals surface area contributed by atoms with Crippen molar-refractivity contribution >= 4 is 16.9 Å². The average molecular weight is 385 g/mol. The Kier molecular flexibility index (Phi) is 5.17. The fourth-order valence-electron chi connectivity index (χ4n) is 3.11. The predicted octanol–water partition coefficient (Wildman–Crippen LogP) is 4.61. The topological polar surface area (TPSA) is 71.7 Å². The summed E-state index contributed by atoms with van der Waals surface area (Å²) in [5, 5.41) is 13.8. The highest BCUT2D eigenvalue weighted by atomic mass is 19.1. The summed E-state index contributed by atoms with van der Waals surface area (Å²) in [6.45, 7) is 7.09. The summed E-state index contributed by atoms with van der Waals surface area (Å²) >= 11 is 0. The van der Waals surface area contributed by atoms with Gasteiger partial charge in [0.15, 0.2) is 0 Å². The molecule has 0 saturated heterocycles. The van der Waals surface area contributed by atoms with Crippen molar-refractivity contribution in [3.63, 3.8) is 0 Å². The number of halogens is 1. The third kappa shape index (κ3) is 3.73. The first-order chi connectivity index (χ1) is 13.1. The number of benzene rings is 2. The molecule has 0 aliphatic heterocycles. The van der Waals surface area contributed by atoms with Crippen LogP contribution in [0.15, 0.2) is 40.8 Å². The van der Waals surface area contributed by atoms with E-state index in [0.29, 0.717) is 39.2 Å². The van der Waals surface area contributed by atoms with Crippen LogP contribution in [-0.4, -0.2) is 24.2 Å². The van der Waals surface area contributed by atoms with Gasteiger partial charge < -0.3 is 19.6 Å². The Balaban J connectivity index is 2.33. The summed E-state index contributed by atoms with van der Waals surface area (Å²) in [5.41, 5.74) is 0.726. The van der Waals surface area contributed by atoms with Crippen molar-refractivity contribution in [1.29, 1.82) is 0 Å². The number of hydrogen-bond donors (Lipinski definition) is 2. The molecule has 0 aliphatic carbocycles. The van der Waals surface area contributed by atoms with Gasteiger partial charge in [-0.3, -0.25) is 4.79 Å². The van der Waals surface area contributed by atoms with E-state index < -0.39 is 5.60 Å². The molecule has 2 aromatic carbocycles. The van der Waals surface area contributed by atoms with Gasteiger partial charge >= 0.3 is 0 Å². The lowest BCUT2D eigenvalue weighted by atomic mass is 9.95. The number of carbonyl (C=O) groups is 1. The van der Waals surface area contributed by atoms with Crippen LogP contribution in [0, 0.1) is 5.82 Å². The van der Waals surface area contributed by atoms with Crippen LogP contribution in [0.3, 0.4) is 0 Å². The fourth-order valence-corrected chi connectivity index (χ4v) is 3.11. The number of amides is 1. The van der Waals surface area contributed by atoms with Crippen LogP contribution < -0.4 is 10.1 Å². The summed E-state index contributed by atoms with van der Waals surface area (Å²) in [6.07, 6.45) is -0.120. The lowest BCUT2D eigenvalue weighted by Gasteiger charge is -2.23. The first kappa shape index (κ1) is 19.9. The summed E-state index contributed by atoms with van der Waals surface area (Å²) in [5.74, 6) is 0.104. The molecule has 0 unspecified atom stereocenters. The second-order valence-electron chi connectivity index (χ2n) is 7.46. The molecule has 2 N–H and O–H groups in total. The maximum absolute atomic E-state index is 13.3. The average Bonchev–Trinajstić information content (AvgIpc) is 2.98. The molecule has 5 nitrogen and oxygen atoms in total. The minimum atomic E-state index is -1.17. The quantitative estimate of drug-likeness (QED) is 0.673. The summed E-state index contributed by atoms with van der Waals surface area (Å²) in [7, 11) is 1.53. The Bertz CT molecular complexity index is 1010. The minimum Gasteiger partial charge on any atom is -0.491 e. The number of furan rings is 1. The van der Waals surface area contributed by atoms with Crippen molar-refractivity contribution in [2.45, 2.75) is 39.4 Å². The van der Waals surface area contributed by atoms with Crippen molar-refractivity contribution in [3.8, 4) is 17.1 Å². The Hall–Kier alpha value is -2.86. The summed E-state index contributed by atoms with van der Waals surface area (Å²) in [4.78, 5) is 12.6. The first-order valence-electron chi connectivity index (χ1n) is 9.10. The monoisotopic (exact) mass is 385 g/mol. The van der Waals surface area contributed by atoms with Gasteiger partial charge in [-0.2, -0.15) is 0 Å². The molecule has 148 valence electrons. The predicted molar refractivity (Wildman–Crippen MR) is 106 cm³/mol. The van der Waals surface area contributed by atoms with Crippen LogP contribution in [0.1, 0.15) is 43.6 Å². The second kappa shape index (κ2) is 7.28. The Morgan fingerprint density at radius 1 is 1.21 bits per heavy atom. The van der Waals surface area contributed by atoms with Gasteiger partial charge in [-0.25, -0.2) is 4.39 Å². The van der Waals surface area contributed by atoms with E-state index in [1.54, 1.807) is 38.1 Å². The third-order valence-corrected chi connectivity index (χ3v) is 4.37. The molecule has 1 heterocycles. The molecule has 0 radical (unpaired) electrons. The number of fused-ring (bicyclic) bond motifs is 1. The molecule has 0 spiro atoms. The van der Waals surface area contributed by atoms with Crippen molar-refractivity contribution in [2.75, 3.05) is 7.05 Å². The van der Waals surface area contributed by atoms with Crippen LogP contribution in [-0.2, 0) is 5.60 Å². The normalized spacial score (nSPS) is 11.9. The molecule has 28 heavy (non-hydrogen) atoms. The van der Waals surface area contributed by atoms with Crippen molar-refractivity contribution < 1.29 is 23.4 Å². The molecule has 3 aromatic rings. The zero-order valence-electron chi connectivity index (χ0n) is 16.6. The first-order valence-corrected chi connectivity index (χ1v) is 9.10. The van der Waals surface area contributed by atoms with Crippen molar-refractivity contribution in [3.05, 3.63) is 53.3 Å². The van der Waals surface area contributed by atoms with Crippen LogP contribution in [0.25, 0.3) is 22.3 Å². The van der Waals surface area contributed by atoms with Gasteiger partial charge in [-0.1, -0.05) is 0 Å². The highest BCUT2D eigenvalue weighted by molar-refractivity contribution is 6.11. The lowest BCUT2D eigenvalue weighted by Crippen LogP contribution is -2.20. The maximum atomic E-state index is 13.3. The minimum absolute atomic E-state index is 0.120. The molecular formula is C22H24FNO4. The number of hydrogen-bond acceptors (Lipinski definition) is 4. The Labute approximate surface area is 163 Å². The van der Waals surface area contributed by atoms with E-state index in [2.05, 4.69) is 5.32 Å². The second-order valence-corrected chi connectivity index (χ2v) is 7.46. The van der Waals surface area contributed by atoms with Gasteiger partial charge in [0.2, 0.25) is 0 Å². The molecule has 1 amide bonds. The lowest BCUT2D eigenvalue weighted by molar-refractivity contribution is 0.0733. The standard InChI is InChI=1S/C22H24FNO4/c1-12(2)27-18-10-15-17(11-16(18)22(3,4)26)28-20(19(15)21(25)24-5)13-6-8-14(23)9-7-13/h6-12,26H,1-5H3,(H,24,25). The zero-order valence-corrected chi connectivity index (χ0v) is 16.6. The molecule has 1 aromatic heterocycles. The van der Waals surface area contributed by atoms with Crippen LogP contribution in [0.2, 0.25) is 0 Å². The maximum Gasteiger partial charge on any atom is 0.255 e. The zero-order chi connectivity index (χ0) is 20.6. The van der Waals surface area contributed by atoms with Gasteiger partial charge in [-0.15, -0.1) is 0 Å². The summed E-state index contributed by atoms with van der Waals surface area (Å²) < 4.78 is 25.2. The van der Waals surface area contributed by atoms with Crippen molar-refractivity contribution in [2.24, 2.45) is 0 Å². The highest BCUT2D eigenvalue weighted by Crippen LogP contribution is 2.40. The van der Waals surface area contributed by atoms with Gasteiger partial charge in [-0.05, 0) is 64.1 Å². The number of ether oxygens (including phenoxy) is 1. The van der Waals surface area contributed by atoms with E-state index in [4.69, 9.17) is 9.15 Å². The van der Waals surface area contributed by atoms with Crippen LogP contribution in [0.4, 0.5) is 4.39 Å². The molecule has 0 bridgehead atoms. The fraction of sp³-hybridized carbons (Fsp3) is 0.318.